The maximum Gasteiger partial charge on any atom is 0.329 e. The highest BCUT2D eigenvalue weighted by atomic mass is 16.2. The van der Waals surface area contributed by atoms with E-state index in [-0.39, 0.29) is 0 Å². The van der Waals surface area contributed by atoms with Crippen LogP contribution in [0.5, 0.6) is 0 Å². The fourth-order valence-electron chi connectivity index (χ4n) is 2.13. The van der Waals surface area contributed by atoms with Crippen molar-refractivity contribution in [3.05, 3.63) is 52.3 Å². The summed E-state index contributed by atoms with van der Waals surface area (Å²) in [5.41, 5.74) is 11.8. The Kier molecular flexibility index (Phi) is 4.90. The van der Waals surface area contributed by atoms with Crippen LogP contribution in [0.25, 0.3) is 0 Å². The molecule has 1 heterocycles. The van der Waals surface area contributed by atoms with Gasteiger partial charge in [0.15, 0.2) is 0 Å². The van der Waals surface area contributed by atoms with Crippen molar-refractivity contribution < 1.29 is 9.59 Å². The second kappa shape index (κ2) is 6.87. The lowest BCUT2D eigenvalue weighted by molar-refractivity contribution is -0.137. The molecule has 0 saturated carbocycles. The summed E-state index contributed by atoms with van der Waals surface area (Å²) in [7, 11) is 0. The largest absolute Gasteiger partial charge is 0.361 e. The molecule has 0 spiro atoms. The van der Waals surface area contributed by atoms with Gasteiger partial charge in [-0.05, 0) is 26.3 Å². The molecular formula is C16H19N5O2. The smallest absolute Gasteiger partial charge is 0.329 e. The van der Waals surface area contributed by atoms with Crippen molar-refractivity contribution in [2.75, 3.05) is 0 Å². The number of primary amides is 1. The van der Waals surface area contributed by atoms with Crippen molar-refractivity contribution in [1.29, 1.82) is 0 Å². The first-order valence-corrected chi connectivity index (χ1v) is 7.11. The van der Waals surface area contributed by atoms with Crippen LogP contribution in [-0.2, 0) is 16.1 Å². The average molecular weight is 313 g/mol. The number of aryl methyl sites for hydroxylation is 2. The predicted octanol–water partition coefficient (Wildman–Crippen LogP) is 0.792. The van der Waals surface area contributed by atoms with Crippen LogP contribution < -0.4 is 11.2 Å². The summed E-state index contributed by atoms with van der Waals surface area (Å²) in [4.78, 5) is 21.7. The minimum atomic E-state index is -1.08. The molecule has 1 aromatic carbocycles. The van der Waals surface area contributed by atoms with Crippen molar-refractivity contribution in [2.24, 2.45) is 10.8 Å². The third kappa shape index (κ3) is 4.03. The van der Waals surface area contributed by atoms with Gasteiger partial charge in [-0.25, -0.2) is 5.43 Å². The summed E-state index contributed by atoms with van der Waals surface area (Å²) >= 11 is 0. The van der Waals surface area contributed by atoms with Crippen molar-refractivity contribution in [2.45, 2.75) is 27.3 Å². The zero-order valence-corrected chi connectivity index (χ0v) is 13.3. The minimum Gasteiger partial charge on any atom is -0.361 e. The van der Waals surface area contributed by atoms with Gasteiger partial charge in [0.2, 0.25) is 0 Å². The quantitative estimate of drug-likeness (QED) is 0.495. The number of nitrogens with two attached hydrogens (primary N) is 1. The molecule has 3 N–H and O–H groups in total. The number of hydrogen-bond acceptors (Lipinski definition) is 4. The summed E-state index contributed by atoms with van der Waals surface area (Å²) < 4.78 is 1.87. The molecule has 2 amide bonds. The number of carbonyl (C=O) groups is 2. The van der Waals surface area contributed by atoms with Crippen molar-refractivity contribution in [3.8, 4) is 0 Å². The SMILES string of the molecule is Cc1ccc(Cn2nc(C)c(/C=N/NC(=O)C(N)=O)c2C)cc1. The van der Waals surface area contributed by atoms with Gasteiger partial charge in [0.05, 0.1) is 18.5 Å². The molecule has 0 aliphatic carbocycles. The molecule has 0 saturated heterocycles. The summed E-state index contributed by atoms with van der Waals surface area (Å²) in [5, 5.41) is 8.22. The molecule has 0 unspecified atom stereocenters. The molecule has 23 heavy (non-hydrogen) atoms. The molecule has 7 nitrogen and oxygen atoms in total. The molecule has 0 aliphatic heterocycles. The summed E-state index contributed by atoms with van der Waals surface area (Å²) in [6, 6.07) is 8.24. The van der Waals surface area contributed by atoms with E-state index in [1.165, 1.54) is 11.8 Å². The molecule has 1 aromatic heterocycles. The summed E-state index contributed by atoms with van der Waals surface area (Å²) in [6.45, 7) is 6.47. The van der Waals surface area contributed by atoms with Gasteiger partial charge in [-0.15, -0.1) is 0 Å². The number of benzene rings is 1. The topological polar surface area (TPSA) is 102 Å². The second-order valence-electron chi connectivity index (χ2n) is 5.29. The van der Waals surface area contributed by atoms with Crippen molar-refractivity contribution in [1.82, 2.24) is 15.2 Å². The molecule has 0 aliphatic rings. The van der Waals surface area contributed by atoms with Crippen molar-refractivity contribution in [3.63, 3.8) is 0 Å². The Hall–Kier alpha value is -2.96. The lowest BCUT2D eigenvalue weighted by Gasteiger charge is -2.05. The maximum atomic E-state index is 11.1. The second-order valence-corrected chi connectivity index (χ2v) is 5.29. The molecule has 0 fully saturated rings. The van der Waals surface area contributed by atoms with Gasteiger partial charge >= 0.3 is 11.8 Å². The number of hydrazone groups is 1. The molecule has 120 valence electrons. The molecule has 0 radical (unpaired) electrons. The molecule has 2 rings (SSSR count). The maximum absolute atomic E-state index is 11.1. The molecule has 2 aromatic rings. The first-order chi connectivity index (χ1) is 10.9. The highest BCUT2D eigenvalue weighted by Gasteiger charge is 2.11. The van der Waals surface area contributed by atoms with E-state index in [9.17, 15) is 9.59 Å². The first-order valence-electron chi connectivity index (χ1n) is 7.11. The molecule has 7 heteroatoms. The van der Waals surface area contributed by atoms with Crippen LogP contribution >= 0.6 is 0 Å². The number of nitrogens with one attached hydrogen (secondary N) is 1. The number of hydrogen-bond donors (Lipinski definition) is 2. The van der Waals surface area contributed by atoms with E-state index in [0.717, 1.165) is 22.5 Å². The van der Waals surface area contributed by atoms with E-state index in [1.807, 2.05) is 25.5 Å². The Morgan fingerprint density at radius 2 is 1.91 bits per heavy atom. The van der Waals surface area contributed by atoms with E-state index in [2.05, 4.69) is 39.9 Å². The van der Waals surface area contributed by atoms with Crippen LogP contribution in [0.2, 0.25) is 0 Å². The fourth-order valence-corrected chi connectivity index (χ4v) is 2.13. The fraction of sp³-hybridized carbons (Fsp3) is 0.250. The van der Waals surface area contributed by atoms with Crippen LogP contribution in [0.15, 0.2) is 29.4 Å². The van der Waals surface area contributed by atoms with E-state index < -0.39 is 11.8 Å². The van der Waals surface area contributed by atoms with E-state index >= 15 is 0 Å². The number of carbonyl (C=O) groups excluding carboxylic acids is 2. The molecule has 0 bridgehead atoms. The zero-order valence-electron chi connectivity index (χ0n) is 13.3. The van der Waals surface area contributed by atoms with Crippen molar-refractivity contribution >= 4 is 18.0 Å². The Morgan fingerprint density at radius 1 is 1.26 bits per heavy atom. The minimum absolute atomic E-state index is 0.647. The highest BCUT2D eigenvalue weighted by molar-refractivity contribution is 6.34. The number of amides is 2. The van der Waals surface area contributed by atoms with Crippen LogP contribution in [0.3, 0.4) is 0 Å². The third-order valence-corrected chi connectivity index (χ3v) is 3.47. The van der Waals surface area contributed by atoms with Crippen LogP contribution in [0.4, 0.5) is 0 Å². The molecular weight excluding hydrogens is 294 g/mol. The average Bonchev–Trinajstić information content (AvgIpc) is 2.76. The summed E-state index contributed by atoms with van der Waals surface area (Å²) in [5.74, 6) is -2.03. The van der Waals surface area contributed by atoms with Crippen LogP contribution in [-0.4, -0.2) is 27.8 Å². The van der Waals surface area contributed by atoms with Crippen LogP contribution in [0, 0.1) is 20.8 Å². The lowest BCUT2D eigenvalue weighted by Crippen LogP contribution is -2.32. The molecule has 0 atom stereocenters. The van der Waals surface area contributed by atoms with Gasteiger partial charge in [-0.2, -0.15) is 10.2 Å². The summed E-state index contributed by atoms with van der Waals surface area (Å²) in [6.07, 6.45) is 1.46. The number of rotatable bonds is 4. The number of nitrogens with zero attached hydrogens (tertiary/aromatic N) is 3. The third-order valence-electron chi connectivity index (χ3n) is 3.47. The van der Waals surface area contributed by atoms with Gasteiger partial charge in [0, 0.05) is 11.3 Å². The lowest BCUT2D eigenvalue weighted by atomic mass is 10.1. The normalized spacial score (nSPS) is 10.9. The Labute approximate surface area is 134 Å². The monoisotopic (exact) mass is 313 g/mol. The Balaban J connectivity index is 2.15. The van der Waals surface area contributed by atoms with Gasteiger partial charge in [0.25, 0.3) is 0 Å². The van der Waals surface area contributed by atoms with E-state index in [4.69, 9.17) is 5.73 Å². The predicted molar refractivity (Wildman–Crippen MR) is 86.9 cm³/mol. The Morgan fingerprint density at radius 3 is 2.52 bits per heavy atom. The van der Waals surface area contributed by atoms with Gasteiger partial charge in [0.1, 0.15) is 0 Å². The highest BCUT2D eigenvalue weighted by Crippen LogP contribution is 2.13. The zero-order chi connectivity index (χ0) is 17.0. The van der Waals surface area contributed by atoms with Gasteiger partial charge < -0.3 is 5.73 Å². The van der Waals surface area contributed by atoms with E-state index in [0.29, 0.717) is 6.54 Å². The van der Waals surface area contributed by atoms with E-state index in [1.54, 1.807) is 0 Å². The van der Waals surface area contributed by atoms with Gasteiger partial charge in [-0.3, -0.25) is 14.3 Å². The standard InChI is InChI=1S/C16H19N5O2/c1-10-4-6-13(7-5-10)9-21-12(3)14(11(2)20-21)8-18-19-16(23)15(17)22/h4-8H,9H2,1-3H3,(H2,17,22)(H,19,23)/b18-8+. The van der Waals surface area contributed by atoms with Crippen LogP contribution in [0.1, 0.15) is 28.1 Å². The Bertz CT molecular complexity index is 760. The van der Waals surface area contributed by atoms with Gasteiger partial charge in [-0.1, -0.05) is 29.8 Å². The number of aromatic nitrogens is 2. The first kappa shape index (κ1) is 16.4.